The van der Waals surface area contributed by atoms with Gasteiger partial charge in [-0.15, -0.1) is 11.3 Å². The SMILES string of the molecule is CNc1nc2c(s1)C[C@]1(C)CC[C@H]([C@H](C)C(=O)NCCN3CCOCC3)[C@H](O)[C@H]1[C@@H]2C. The lowest BCUT2D eigenvalue weighted by atomic mass is 9.53. The Balaban J connectivity index is 1.39. The van der Waals surface area contributed by atoms with Crippen molar-refractivity contribution in [3.8, 4) is 0 Å². The van der Waals surface area contributed by atoms with E-state index in [0.717, 1.165) is 62.9 Å². The lowest BCUT2D eigenvalue weighted by molar-refractivity contribution is -0.134. The van der Waals surface area contributed by atoms with Gasteiger partial charge in [0.2, 0.25) is 5.91 Å². The van der Waals surface area contributed by atoms with E-state index < -0.39 is 6.10 Å². The normalized spacial score (nSPS) is 34.5. The van der Waals surface area contributed by atoms with E-state index in [1.807, 2.05) is 14.0 Å². The number of carbonyl (C=O) groups is 1. The summed E-state index contributed by atoms with van der Waals surface area (Å²) in [6, 6.07) is 0. The predicted molar refractivity (Wildman–Crippen MR) is 124 cm³/mol. The van der Waals surface area contributed by atoms with Crippen molar-refractivity contribution in [3.05, 3.63) is 10.6 Å². The van der Waals surface area contributed by atoms with Crippen molar-refractivity contribution >= 4 is 22.4 Å². The van der Waals surface area contributed by atoms with E-state index in [9.17, 15) is 9.90 Å². The van der Waals surface area contributed by atoms with Gasteiger partial charge in [-0.3, -0.25) is 9.69 Å². The molecule has 0 radical (unpaired) electrons. The molecular formula is C23H38N4O3S. The highest BCUT2D eigenvalue weighted by Crippen LogP contribution is 2.57. The molecule has 1 aromatic rings. The number of nitrogens with zero attached hydrogens (tertiary/aromatic N) is 2. The molecule has 0 spiro atoms. The molecule has 7 nitrogen and oxygen atoms in total. The van der Waals surface area contributed by atoms with E-state index >= 15 is 0 Å². The van der Waals surface area contributed by atoms with Crippen molar-refractivity contribution in [3.63, 3.8) is 0 Å². The summed E-state index contributed by atoms with van der Waals surface area (Å²) in [5.74, 6) is 0.195. The summed E-state index contributed by atoms with van der Waals surface area (Å²) in [5, 5.41) is 18.7. The van der Waals surface area contributed by atoms with Crippen LogP contribution in [0.5, 0.6) is 0 Å². The average molecular weight is 451 g/mol. The van der Waals surface area contributed by atoms with Crippen molar-refractivity contribution in [2.45, 2.75) is 52.1 Å². The minimum Gasteiger partial charge on any atom is -0.392 e. The molecule has 3 N–H and O–H groups in total. The van der Waals surface area contributed by atoms with Crippen LogP contribution < -0.4 is 10.6 Å². The highest BCUT2D eigenvalue weighted by atomic mass is 32.1. The van der Waals surface area contributed by atoms with E-state index in [-0.39, 0.29) is 35.0 Å². The summed E-state index contributed by atoms with van der Waals surface area (Å²) in [6.45, 7) is 11.4. The smallest absolute Gasteiger partial charge is 0.223 e. The molecule has 1 aromatic heterocycles. The number of amides is 1. The number of aromatic nitrogens is 1. The molecular weight excluding hydrogens is 412 g/mol. The molecule has 6 atom stereocenters. The van der Waals surface area contributed by atoms with Crippen LogP contribution in [0.15, 0.2) is 0 Å². The Kier molecular flexibility index (Phi) is 6.91. The number of anilines is 1. The number of thiazole rings is 1. The van der Waals surface area contributed by atoms with Crippen molar-refractivity contribution in [2.75, 3.05) is 51.8 Å². The van der Waals surface area contributed by atoms with Gasteiger partial charge in [-0.2, -0.15) is 0 Å². The van der Waals surface area contributed by atoms with E-state index in [1.54, 1.807) is 11.3 Å². The Bertz CT molecular complexity index is 781. The number of aliphatic hydroxyl groups excluding tert-OH is 1. The van der Waals surface area contributed by atoms with Crippen molar-refractivity contribution in [1.29, 1.82) is 0 Å². The van der Waals surface area contributed by atoms with Gasteiger partial charge in [-0.25, -0.2) is 4.98 Å². The highest BCUT2D eigenvalue weighted by molar-refractivity contribution is 7.15. The molecule has 174 valence electrons. The molecule has 1 aliphatic heterocycles. The minimum atomic E-state index is -0.485. The van der Waals surface area contributed by atoms with Crippen LogP contribution in [0.1, 0.15) is 50.1 Å². The van der Waals surface area contributed by atoms with Crippen molar-refractivity contribution in [2.24, 2.45) is 23.2 Å². The molecule has 1 amide bonds. The molecule has 2 aliphatic carbocycles. The second-order valence-electron chi connectivity index (χ2n) is 9.95. The molecule has 31 heavy (non-hydrogen) atoms. The zero-order valence-corrected chi connectivity index (χ0v) is 20.1. The maximum absolute atomic E-state index is 12.9. The highest BCUT2D eigenvalue weighted by Gasteiger charge is 2.53. The average Bonchev–Trinajstić information content (AvgIpc) is 3.17. The standard InChI is InChI=1S/C23H38N4O3S/c1-14(21(29)25-7-8-27-9-11-30-12-10-27)16-5-6-23(3)13-17-19(26-22(24-4)31-17)15(2)18(23)20(16)28/h14-16,18,20,28H,5-13H2,1-4H3,(H,24,26)(H,25,29)/t14-,15-,16+,18+,20-,23-/m0/s1. The van der Waals surface area contributed by atoms with Gasteiger partial charge in [0, 0.05) is 49.9 Å². The second-order valence-corrected chi connectivity index (χ2v) is 11.0. The Morgan fingerprint density at radius 2 is 2.16 bits per heavy atom. The number of aliphatic hydroxyl groups is 1. The maximum atomic E-state index is 12.9. The first-order chi connectivity index (χ1) is 14.8. The van der Waals surface area contributed by atoms with Crippen LogP contribution >= 0.6 is 11.3 Å². The van der Waals surface area contributed by atoms with Crippen LogP contribution in [-0.4, -0.2) is 73.4 Å². The van der Waals surface area contributed by atoms with Crippen LogP contribution in [0.25, 0.3) is 0 Å². The Morgan fingerprint density at radius 1 is 1.42 bits per heavy atom. The van der Waals surface area contributed by atoms with E-state index in [2.05, 4.69) is 29.4 Å². The van der Waals surface area contributed by atoms with Crippen molar-refractivity contribution < 1.29 is 14.6 Å². The van der Waals surface area contributed by atoms with E-state index in [0.29, 0.717) is 6.54 Å². The third-order valence-electron chi connectivity index (χ3n) is 8.02. The molecule has 4 rings (SSSR count). The minimum absolute atomic E-state index is 0.00660. The van der Waals surface area contributed by atoms with Gasteiger partial charge in [0.25, 0.3) is 0 Å². The molecule has 3 aliphatic rings. The molecule has 1 saturated heterocycles. The Hall–Kier alpha value is -1.22. The fraction of sp³-hybridized carbons (Fsp3) is 0.826. The van der Waals surface area contributed by atoms with Gasteiger partial charge in [0.15, 0.2) is 5.13 Å². The Labute approximate surface area is 190 Å². The zero-order valence-electron chi connectivity index (χ0n) is 19.3. The van der Waals surface area contributed by atoms with Gasteiger partial charge in [-0.05, 0) is 36.5 Å². The van der Waals surface area contributed by atoms with Gasteiger partial charge < -0.3 is 20.5 Å². The Morgan fingerprint density at radius 3 is 2.87 bits per heavy atom. The number of hydrogen-bond acceptors (Lipinski definition) is 7. The number of morpholine rings is 1. The molecule has 1 saturated carbocycles. The van der Waals surface area contributed by atoms with Crippen LogP contribution in [0.2, 0.25) is 0 Å². The number of rotatable bonds is 6. The maximum Gasteiger partial charge on any atom is 0.223 e. The summed E-state index contributed by atoms with van der Waals surface area (Å²) in [5.41, 5.74) is 1.20. The number of fused-ring (bicyclic) bond motifs is 2. The lowest BCUT2D eigenvalue weighted by Crippen LogP contribution is -2.53. The number of nitrogens with one attached hydrogen (secondary N) is 2. The third-order valence-corrected chi connectivity index (χ3v) is 9.11. The summed E-state index contributed by atoms with van der Waals surface area (Å²) in [6.07, 6.45) is 2.43. The molecule has 8 heteroatoms. The third kappa shape index (κ3) is 4.49. The quantitative estimate of drug-likeness (QED) is 0.617. The van der Waals surface area contributed by atoms with Gasteiger partial charge in [0.05, 0.1) is 25.0 Å². The van der Waals surface area contributed by atoms with Crippen LogP contribution in [-0.2, 0) is 16.0 Å². The first-order valence-corrected chi connectivity index (χ1v) is 12.6. The topological polar surface area (TPSA) is 86.7 Å². The number of hydrogen-bond donors (Lipinski definition) is 3. The predicted octanol–water partition coefficient (Wildman–Crippen LogP) is 2.32. The van der Waals surface area contributed by atoms with Gasteiger partial charge in [0.1, 0.15) is 0 Å². The first kappa shape index (κ1) is 23.0. The van der Waals surface area contributed by atoms with Gasteiger partial charge >= 0.3 is 0 Å². The van der Waals surface area contributed by atoms with E-state index in [4.69, 9.17) is 9.72 Å². The summed E-state index contributed by atoms with van der Waals surface area (Å²) in [7, 11) is 1.91. The van der Waals surface area contributed by atoms with Crippen LogP contribution in [0, 0.1) is 23.2 Å². The summed E-state index contributed by atoms with van der Waals surface area (Å²) < 4.78 is 5.38. The fourth-order valence-electron chi connectivity index (χ4n) is 6.17. The van der Waals surface area contributed by atoms with Crippen LogP contribution in [0.3, 0.4) is 0 Å². The lowest BCUT2D eigenvalue weighted by Gasteiger charge is -2.53. The fourth-order valence-corrected chi connectivity index (χ4v) is 7.39. The molecule has 0 aromatic carbocycles. The first-order valence-electron chi connectivity index (χ1n) is 11.8. The molecule has 2 fully saturated rings. The van der Waals surface area contributed by atoms with E-state index in [1.165, 1.54) is 4.88 Å². The summed E-state index contributed by atoms with van der Waals surface area (Å²) >= 11 is 1.75. The van der Waals surface area contributed by atoms with Crippen LogP contribution in [0.4, 0.5) is 5.13 Å². The summed E-state index contributed by atoms with van der Waals surface area (Å²) in [4.78, 5) is 21.4. The zero-order chi connectivity index (χ0) is 22.2. The van der Waals surface area contributed by atoms with Gasteiger partial charge in [-0.1, -0.05) is 20.8 Å². The molecule has 0 bridgehead atoms. The largest absolute Gasteiger partial charge is 0.392 e. The number of carbonyl (C=O) groups excluding carboxylic acids is 1. The molecule has 0 unspecified atom stereocenters. The van der Waals surface area contributed by atoms with Crippen molar-refractivity contribution in [1.82, 2.24) is 15.2 Å². The monoisotopic (exact) mass is 450 g/mol. The second kappa shape index (κ2) is 9.33. The number of ether oxygens (including phenoxy) is 1. The molecule has 2 heterocycles.